The second kappa shape index (κ2) is 3.15. The zero-order chi connectivity index (χ0) is 7.49. The van der Waals surface area contributed by atoms with Gasteiger partial charge in [0, 0.05) is 12.1 Å². The maximum absolute atomic E-state index is 5.28. The summed E-state index contributed by atoms with van der Waals surface area (Å²) < 4.78 is 0. The second-order valence-electron chi connectivity index (χ2n) is 3.27. The van der Waals surface area contributed by atoms with Crippen LogP contribution >= 0.6 is 0 Å². The molecule has 0 atom stereocenters. The summed E-state index contributed by atoms with van der Waals surface area (Å²) in [5.74, 6) is 5.28. The molecule has 0 spiro atoms. The van der Waals surface area contributed by atoms with Gasteiger partial charge in [0.15, 0.2) is 0 Å². The van der Waals surface area contributed by atoms with Gasteiger partial charge in [-0.15, -0.1) is 0 Å². The van der Waals surface area contributed by atoms with Crippen LogP contribution in [0, 0.1) is 0 Å². The third-order valence-electron chi connectivity index (χ3n) is 1.10. The van der Waals surface area contributed by atoms with Crippen LogP contribution in [0.3, 0.4) is 0 Å². The summed E-state index contributed by atoms with van der Waals surface area (Å²) in [6.45, 7) is 5.07. The molecule has 3 N–H and O–H groups in total. The fraction of sp³-hybridized carbons (Fsp3) is 1.00. The quantitative estimate of drug-likeness (QED) is 0.411. The first-order valence-electron chi connectivity index (χ1n) is 3.10. The number of hydrazine groups is 1. The van der Waals surface area contributed by atoms with Crippen molar-refractivity contribution in [2.75, 3.05) is 20.6 Å². The van der Waals surface area contributed by atoms with Crippen molar-refractivity contribution in [3.05, 3.63) is 0 Å². The molecule has 9 heavy (non-hydrogen) atoms. The van der Waals surface area contributed by atoms with Gasteiger partial charge in [0.2, 0.25) is 0 Å². The summed E-state index contributed by atoms with van der Waals surface area (Å²) in [5.41, 5.74) is 2.75. The highest BCUT2D eigenvalue weighted by atomic mass is 15.3. The molecule has 0 amide bonds. The number of likely N-dealkylation sites (N-methyl/N-ethyl adjacent to an activating group) is 1. The summed E-state index contributed by atoms with van der Waals surface area (Å²) >= 11 is 0. The minimum atomic E-state index is 0.0174. The SMILES string of the molecule is CN(C)CC(C)(C)NN. The Balaban J connectivity index is 3.58. The molecule has 0 unspecified atom stereocenters. The molecular weight excluding hydrogens is 114 g/mol. The average molecular weight is 131 g/mol. The summed E-state index contributed by atoms with van der Waals surface area (Å²) in [7, 11) is 4.05. The Bertz CT molecular complexity index is 78.4. The molecule has 0 aromatic heterocycles. The van der Waals surface area contributed by atoms with Crippen LogP contribution in [-0.4, -0.2) is 31.1 Å². The lowest BCUT2D eigenvalue weighted by Crippen LogP contribution is -2.50. The van der Waals surface area contributed by atoms with Gasteiger partial charge in [-0.2, -0.15) is 0 Å². The van der Waals surface area contributed by atoms with Crippen molar-refractivity contribution in [2.45, 2.75) is 19.4 Å². The Labute approximate surface area is 57.2 Å². The molecule has 0 aliphatic heterocycles. The first-order valence-corrected chi connectivity index (χ1v) is 3.10. The maximum Gasteiger partial charge on any atom is 0.0391 e. The predicted octanol–water partition coefficient (Wildman–Crippen LogP) is -0.210. The molecular formula is C6H17N3. The number of nitrogens with zero attached hydrogens (tertiary/aromatic N) is 1. The summed E-state index contributed by atoms with van der Waals surface area (Å²) in [4.78, 5) is 2.10. The van der Waals surface area contributed by atoms with Crippen LogP contribution in [-0.2, 0) is 0 Å². The van der Waals surface area contributed by atoms with Gasteiger partial charge in [-0.1, -0.05) is 0 Å². The lowest BCUT2D eigenvalue weighted by molar-refractivity contribution is 0.271. The van der Waals surface area contributed by atoms with Gasteiger partial charge in [0.05, 0.1) is 0 Å². The topological polar surface area (TPSA) is 41.3 Å². The first-order chi connectivity index (χ1) is 3.98. The van der Waals surface area contributed by atoms with Crippen molar-refractivity contribution in [1.29, 1.82) is 0 Å². The van der Waals surface area contributed by atoms with E-state index in [1.54, 1.807) is 0 Å². The van der Waals surface area contributed by atoms with Crippen molar-refractivity contribution < 1.29 is 0 Å². The molecule has 3 heteroatoms. The van der Waals surface area contributed by atoms with Gasteiger partial charge < -0.3 is 4.90 Å². The molecule has 0 aliphatic rings. The molecule has 3 nitrogen and oxygen atoms in total. The Morgan fingerprint density at radius 1 is 1.44 bits per heavy atom. The van der Waals surface area contributed by atoms with E-state index in [0.29, 0.717) is 0 Å². The minimum Gasteiger partial charge on any atom is -0.308 e. The van der Waals surface area contributed by atoms with Gasteiger partial charge >= 0.3 is 0 Å². The number of nitrogens with two attached hydrogens (primary N) is 1. The van der Waals surface area contributed by atoms with Gasteiger partial charge in [-0.05, 0) is 27.9 Å². The second-order valence-corrected chi connectivity index (χ2v) is 3.27. The van der Waals surface area contributed by atoms with Crippen molar-refractivity contribution in [3.8, 4) is 0 Å². The van der Waals surface area contributed by atoms with Gasteiger partial charge in [0.25, 0.3) is 0 Å². The number of hydrogen-bond acceptors (Lipinski definition) is 3. The molecule has 0 heterocycles. The standard InChI is InChI=1S/C6H17N3/c1-6(2,8-7)5-9(3)4/h8H,5,7H2,1-4H3. The normalized spacial score (nSPS) is 12.7. The van der Waals surface area contributed by atoms with E-state index in [9.17, 15) is 0 Å². The Morgan fingerprint density at radius 3 is 2.00 bits per heavy atom. The lowest BCUT2D eigenvalue weighted by atomic mass is 10.1. The van der Waals surface area contributed by atoms with E-state index < -0.39 is 0 Å². The fourth-order valence-electron chi connectivity index (χ4n) is 0.836. The van der Waals surface area contributed by atoms with Crippen LogP contribution in [0.4, 0.5) is 0 Å². The Kier molecular flexibility index (Phi) is 3.11. The zero-order valence-electron chi connectivity index (χ0n) is 6.73. The summed E-state index contributed by atoms with van der Waals surface area (Å²) in [6, 6.07) is 0. The van der Waals surface area contributed by atoms with E-state index >= 15 is 0 Å². The van der Waals surface area contributed by atoms with E-state index in [0.717, 1.165) is 6.54 Å². The monoisotopic (exact) mass is 131 g/mol. The van der Waals surface area contributed by atoms with E-state index in [1.165, 1.54) is 0 Å². The smallest absolute Gasteiger partial charge is 0.0391 e. The van der Waals surface area contributed by atoms with Crippen LogP contribution in [0.5, 0.6) is 0 Å². The van der Waals surface area contributed by atoms with E-state index in [1.807, 2.05) is 14.1 Å². The zero-order valence-corrected chi connectivity index (χ0v) is 6.73. The summed E-state index contributed by atoms with van der Waals surface area (Å²) in [6.07, 6.45) is 0. The molecule has 0 aromatic rings. The Morgan fingerprint density at radius 2 is 1.89 bits per heavy atom. The van der Waals surface area contributed by atoms with Crippen LogP contribution < -0.4 is 11.3 Å². The van der Waals surface area contributed by atoms with E-state index in [4.69, 9.17) is 5.84 Å². The molecule has 56 valence electrons. The molecule has 0 bridgehead atoms. The minimum absolute atomic E-state index is 0.0174. The van der Waals surface area contributed by atoms with Gasteiger partial charge in [-0.3, -0.25) is 11.3 Å². The largest absolute Gasteiger partial charge is 0.308 e. The number of hydrogen-bond donors (Lipinski definition) is 2. The summed E-state index contributed by atoms with van der Waals surface area (Å²) in [5, 5.41) is 0. The van der Waals surface area contributed by atoms with E-state index in [2.05, 4.69) is 24.2 Å². The van der Waals surface area contributed by atoms with Crippen LogP contribution in [0.1, 0.15) is 13.8 Å². The number of rotatable bonds is 3. The van der Waals surface area contributed by atoms with Gasteiger partial charge in [-0.25, -0.2) is 0 Å². The van der Waals surface area contributed by atoms with Crippen LogP contribution in [0.2, 0.25) is 0 Å². The maximum atomic E-state index is 5.28. The lowest BCUT2D eigenvalue weighted by Gasteiger charge is -2.26. The Hall–Kier alpha value is -0.120. The van der Waals surface area contributed by atoms with E-state index in [-0.39, 0.29) is 5.54 Å². The van der Waals surface area contributed by atoms with Crippen molar-refractivity contribution in [2.24, 2.45) is 5.84 Å². The highest BCUT2D eigenvalue weighted by molar-refractivity contribution is 4.76. The highest BCUT2D eigenvalue weighted by Crippen LogP contribution is 1.99. The molecule has 0 radical (unpaired) electrons. The molecule has 0 fully saturated rings. The van der Waals surface area contributed by atoms with Crippen LogP contribution in [0.15, 0.2) is 0 Å². The third-order valence-corrected chi connectivity index (χ3v) is 1.10. The number of nitrogens with one attached hydrogen (secondary N) is 1. The molecule has 0 aliphatic carbocycles. The third kappa shape index (κ3) is 4.39. The van der Waals surface area contributed by atoms with Crippen LogP contribution in [0.25, 0.3) is 0 Å². The fourth-order valence-corrected chi connectivity index (χ4v) is 0.836. The molecule has 0 aromatic carbocycles. The van der Waals surface area contributed by atoms with Crippen molar-refractivity contribution in [1.82, 2.24) is 10.3 Å². The highest BCUT2D eigenvalue weighted by Gasteiger charge is 2.14. The molecule has 0 saturated carbocycles. The van der Waals surface area contributed by atoms with Crippen molar-refractivity contribution in [3.63, 3.8) is 0 Å². The first kappa shape index (κ1) is 8.88. The molecule has 0 saturated heterocycles. The van der Waals surface area contributed by atoms with Gasteiger partial charge in [0.1, 0.15) is 0 Å². The predicted molar refractivity (Wildman–Crippen MR) is 40.0 cm³/mol. The van der Waals surface area contributed by atoms with Crippen molar-refractivity contribution >= 4 is 0 Å². The average Bonchev–Trinajstić information content (AvgIpc) is 1.63. The molecule has 0 rings (SSSR count).